The molecule has 0 unspecified atom stereocenters. The van der Waals surface area contributed by atoms with Crippen LogP contribution in [0.15, 0.2) is 24.3 Å². The van der Waals surface area contributed by atoms with E-state index >= 15 is 0 Å². The van der Waals surface area contributed by atoms with Crippen LogP contribution in [0.2, 0.25) is 0 Å². The number of carbonyl (C=O) groups excluding carboxylic acids is 1. The summed E-state index contributed by atoms with van der Waals surface area (Å²) in [5.41, 5.74) is 0.698. The predicted octanol–water partition coefficient (Wildman–Crippen LogP) is 0.960. The van der Waals surface area contributed by atoms with E-state index in [4.69, 9.17) is 9.47 Å². The molecule has 0 aliphatic carbocycles. The summed E-state index contributed by atoms with van der Waals surface area (Å²) in [7, 11) is 0. The van der Waals surface area contributed by atoms with Crippen LogP contribution in [0.3, 0.4) is 0 Å². The van der Waals surface area contributed by atoms with Crippen LogP contribution in [0.1, 0.15) is 31.1 Å². The molecule has 2 rings (SSSR count). The molecule has 0 radical (unpaired) electrons. The minimum absolute atomic E-state index is 0.0666. The molecule has 0 saturated carbocycles. The minimum atomic E-state index is 0.0666. The number of morpholine rings is 1. The van der Waals surface area contributed by atoms with Gasteiger partial charge in [0.2, 0.25) is 0 Å². The van der Waals surface area contributed by atoms with Crippen LogP contribution in [0.5, 0.6) is 5.75 Å². The summed E-state index contributed by atoms with van der Waals surface area (Å²) in [6.07, 6.45) is 0.629. The van der Waals surface area contributed by atoms with Crippen molar-refractivity contribution in [2.45, 2.75) is 33.0 Å². The number of benzene rings is 1. The third-order valence-electron chi connectivity index (χ3n) is 3.58. The highest BCUT2D eigenvalue weighted by Crippen LogP contribution is 2.13. The van der Waals surface area contributed by atoms with Gasteiger partial charge in [0.25, 0.3) is 0 Å². The predicted molar refractivity (Wildman–Crippen MR) is 77.5 cm³/mol. The summed E-state index contributed by atoms with van der Waals surface area (Å²) in [5.74, 6) is 0.836. The van der Waals surface area contributed by atoms with E-state index < -0.39 is 0 Å². The van der Waals surface area contributed by atoms with Crippen molar-refractivity contribution in [2.75, 3.05) is 26.2 Å². The molecular weight excluding hydrogens is 254 g/mol. The van der Waals surface area contributed by atoms with Gasteiger partial charge in [0, 0.05) is 5.56 Å². The Morgan fingerprint density at radius 1 is 1.35 bits per heavy atom. The van der Waals surface area contributed by atoms with E-state index in [-0.39, 0.29) is 5.78 Å². The Bertz CT molecular complexity index is 451. The van der Waals surface area contributed by atoms with E-state index in [2.05, 4.69) is 13.8 Å². The van der Waals surface area contributed by atoms with Crippen LogP contribution in [0.25, 0.3) is 0 Å². The molecule has 4 nitrogen and oxygen atoms in total. The molecule has 0 aromatic heterocycles. The molecule has 0 bridgehead atoms. The number of carbonyl (C=O) groups is 1. The average molecular weight is 278 g/mol. The Balaban J connectivity index is 1.81. The molecule has 1 N–H and O–H groups in total. The van der Waals surface area contributed by atoms with Gasteiger partial charge in [0.15, 0.2) is 5.78 Å². The molecule has 110 valence electrons. The summed E-state index contributed by atoms with van der Waals surface area (Å²) in [4.78, 5) is 12.8. The lowest BCUT2D eigenvalue weighted by Crippen LogP contribution is -3.16. The van der Waals surface area contributed by atoms with Gasteiger partial charge in [-0.15, -0.1) is 0 Å². The zero-order valence-corrected chi connectivity index (χ0v) is 12.5. The number of quaternary nitrogens is 1. The Kier molecular flexibility index (Phi) is 5.15. The SMILES string of the molecule is CC(=O)c1cccc(OCC[NH+]2C[C@@H](C)O[C@H](C)C2)c1. The highest BCUT2D eigenvalue weighted by molar-refractivity contribution is 5.94. The number of hydrogen-bond acceptors (Lipinski definition) is 3. The first-order valence-electron chi connectivity index (χ1n) is 7.27. The number of Topliss-reactive ketones (excluding diaryl/α,β-unsaturated/α-hetero) is 1. The summed E-state index contributed by atoms with van der Waals surface area (Å²) in [6, 6.07) is 7.37. The molecule has 20 heavy (non-hydrogen) atoms. The van der Waals surface area contributed by atoms with E-state index in [1.165, 1.54) is 4.90 Å². The lowest BCUT2D eigenvalue weighted by molar-refractivity contribution is -0.915. The molecule has 1 aliphatic rings. The van der Waals surface area contributed by atoms with E-state index in [1.54, 1.807) is 6.92 Å². The fourth-order valence-corrected chi connectivity index (χ4v) is 2.71. The smallest absolute Gasteiger partial charge is 0.159 e. The van der Waals surface area contributed by atoms with Crippen LogP contribution in [0, 0.1) is 0 Å². The molecule has 1 heterocycles. The first kappa shape index (κ1) is 15.0. The van der Waals surface area contributed by atoms with Gasteiger partial charge in [-0.1, -0.05) is 12.1 Å². The van der Waals surface area contributed by atoms with Crippen LogP contribution in [-0.4, -0.2) is 44.2 Å². The lowest BCUT2D eigenvalue weighted by Gasteiger charge is -2.32. The highest BCUT2D eigenvalue weighted by Gasteiger charge is 2.25. The maximum atomic E-state index is 11.3. The Morgan fingerprint density at radius 3 is 2.70 bits per heavy atom. The van der Waals surface area contributed by atoms with Crippen molar-refractivity contribution in [3.8, 4) is 5.75 Å². The second-order valence-electron chi connectivity index (χ2n) is 5.60. The molecule has 1 fully saturated rings. The lowest BCUT2D eigenvalue weighted by atomic mass is 10.1. The molecular formula is C16H24NO3+. The number of nitrogens with one attached hydrogen (secondary N) is 1. The Morgan fingerprint density at radius 2 is 2.05 bits per heavy atom. The second kappa shape index (κ2) is 6.86. The number of hydrogen-bond donors (Lipinski definition) is 1. The van der Waals surface area contributed by atoms with E-state index in [0.717, 1.165) is 25.4 Å². The monoisotopic (exact) mass is 278 g/mol. The number of ketones is 1. The van der Waals surface area contributed by atoms with Gasteiger partial charge in [-0.2, -0.15) is 0 Å². The van der Waals surface area contributed by atoms with Gasteiger partial charge in [0.1, 0.15) is 44.2 Å². The topological polar surface area (TPSA) is 40.0 Å². The molecule has 1 aromatic carbocycles. The van der Waals surface area contributed by atoms with Crippen molar-refractivity contribution in [2.24, 2.45) is 0 Å². The molecule has 1 aromatic rings. The van der Waals surface area contributed by atoms with Crippen LogP contribution >= 0.6 is 0 Å². The summed E-state index contributed by atoms with van der Waals surface area (Å²) >= 11 is 0. The zero-order valence-electron chi connectivity index (χ0n) is 12.5. The first-order chi connectivity index (χ1) is 9.54. The van der Waals surface area contributed by atoms with Gasteiger partial charge >= 0.3 is 0 Å². The molecule has 1 saturated heterocycles. The largest absolute Gasteiger partial charge is 0.488 e. The third-order valence-corrected chi connectivity index (χ3v) is 3.58. The first-order valence-corrected chi connectivity index (χ1v) is 7.27. The average Bonchev–Trinajstić information content (AvgIpc) is 2.38. The standard InChI is InChI=1S/C16H23NO3/c1-12-10-17(11-13(2)20-12)7-8-19-16-6-4-5-15(9-16)14(3)18/h4-6,9,12-13H,7-8,10-11H2,1-3H3/p+1/t12-,13-/m1/s1. The quantitative estimate of drug-likeness (QED) is 0.816. The highest BCUT2D eigenvalue weighted by atomic mass is 16.5. The van der Waals surface area contributed by atoms with Crippen molar-refractivity contribution in [1.29, 1.82) is 0 Å². The maximum Gasteiger partial charge on any atom is 0.159 e. The molecule has 0 amide bonds. The normalized spacial score (nSPS) is 26.2. The summed E-state index contributed by atoms with van der Waals surface area (Å²) in [5, 5.41) is 0. The molecule has 1 aliphatic heterocycles. The third kappa shape index (κ3) is 4.32. The zero-order chi connectivity index (χ0) is 14.5. The molecule has 4 heteroatoms. The maximum absolute atomic E-state index is 11.3. The van der Waals surface area contributed by atoms with Crippen molar-refractivity contribution in [3.05, 3.63) is 29.8 Å². The van der Waals surface area contributed by atoms with E-state index in [9.17, 15) is 4.79 Å². The van der Waals surface area contributed by atoms with Crippen LogP contribution < -0.4 is 9.64 Å². The van der Waals surface area contributed by atoms with Crippen LogP contribution in [0.4, 0.5) is 0 Å². The number of rotatable bonds is 5. The van der Waals surface area contributed by atoms with Gasteiger partial charge in [-0.3, -0.25) is 4.79 Å². The fraction of sp³-hybridized carbons (Fsp3) is 0.562. The number of ether oxygens (including phenoxy) is 2. The van der Waals surface area contributed by atoms with E-state index in [0.29, 0.717) is 24.4 Å². The second-order valence-corrected chi connectivity index (χ2v) is 5.60. The molecule has 2 atom stereocenters. The van der Waals surface area contributed by atoms with Gasteiger partial charge in [-0.25, -0.2) is 0 Å². The van der Waals surface area contributed by atoms with Crippen molar-refractivity contribution >= 4 is 5.78 Å². The minimum Gasteiger partial charge on any atom is -0.488 e. The fourth-order valence-electron chi connectivity index (χ4n) is 2.71. The molecule has 0 spiro atoms. The Labute approximate surface area is 120 Å². The van der Waals surface area contributed by atoms with E-state index in [1.807, 2.05) is 24.3 Å². The summed E-state index contributed by atoms with van der Waals surface area (Å²) in [6.45, 7) is 9.49. The van der Waals surface area contributed by atoms with Crippen molar-refractivity contribution in [3.63, 3.8) is 0 Å². The van der Waals surface area contributed by atoms with Crippen molar-refractivity contribution in [1.82, 2.24) is 0 Å². The van der Waals surface area contributed by atoms with Crippen molar-refractivity contribution < 1.29 is 19.2 Å². The summed E-state index contributed by atoms with van der Waals surface area (Å²) < 4.78 is 11.5. The Hall–Kier alpha value is -1.39. The van der Waals surface area contributed by atoms with Gasteiger partial charge in [-0.05, 0) is 32.9 Å². The van der Waals surface area contributed by atoms with Gasteiger partial charge < -0.3 is 14.4 Å². The van der Waals surface area contributed by atoms with Gasteiger partial charge in [0.05, 0.1) is 0 Å². The van der Waals surface area contributed by atoms with Crippen LogP contribution in [-0.2, 0) is 4.74 Å².